The van der Waals surface area contributed by atoms with Gasteiger partial charge in [0.25, 0.3) is 0 Å². The molecule has 1 heterocycles. The van der Waals surface area contributed by atoms with Gasteiger partial charge in [0.2, 0.25) is 0 Å². The van der Waals surface area contributed by atoms with Gasteiger partial charge in [-0.15, -0.1) is 0 Å². The van der Waals surface area contributed by atoms with E-state index in [1.165, 1.54) is 0 Å². The third kappa shape index (κ3) is 3.34. The molecule has 0 aliphatic heterocycles. The Hall–Kier alpha value is -0.290. The summed E-state index contributed by atoms with van der Waals surface area (Å²) in [6.07, 6.45) is 2.68. The Morgan fingerprint density at radius 3 is 2.93 bits per heavy atom. The Morgan fingerprint density at radius 1 is 1.60 bits per heavy atom. The van der Waals surface area contributed by atoms with Crippen molar-refractivity contribution < 1.29 is 4.79 Å². The summed E-state index contributed by atoms with van der Waals surface area (Å²) >= 11 is 5.00. The van der Waals surface area contributed by atoms with Crippen LogP contribution in [0.1, 0.15) is 30.8 Å². The maximum atomic E-state index is 11.9. The van der Waals surface area contributed by atoms with Crippen LogP contribution in [0.15, 0.2) is 10.7 Å². The summed E-state index contributed by atoms with van der Waals surface area (Å²) < 4.78 is 2.58. The van der Waals surface area contributed by atoms with Crippen LogP contribution in [0.4, 0.5) is 0 Å². The molecule has 0 radical (unpaired) electrons. The van der Waals surface area contributed by atoms with E-state index in [2.05, 4.69) is 34.9 Å². The minimum atomic E-state index is 0.152. The lowest BCUT2D eigenvalue weighted by atomic mass is 10.3. The van der Waals surface area contributed by atoms with Gasteiger partial charge in [-0.2, -0.15) is 16.9 Å². The van der Waals surface area contributed by atoms with Gasteiger partial charge in [-0.1, -0.05) is 13.8 Å². The summed E-state index contributed by atoms with van der Waals surface area (Å²) in [5, 5.41) is 4.17. The summed E-state index contributed by atoms with van der Waals surface area (Å²) in [5.74, 6) is 1.65. The predicted octanol–water partition coefficient (Wildman–Crippen LogP) is 2.99. The van der Waals surface area contributed by atoms with E-state index in [1.54, 1.807) is 22.6 Å². The average Bonchev–Trinajstić information content (AvgIpc) is 2.57. The van der Waals surface area contributed by atoms with Gasteiger partial charge in [-0.3, -0.25) is 9.48 Å². The highest BCUT2D eigenvalue weighted by atomic mass is 79.9. The van der Waals surface area contributed by atoms with Crippen LogP contribution in [0.25, 0.3) is 0 Å². The molecule has 1 aromatic heterocycles. The van der Waals surface area contributed by atoms with Gasteiger partial charge in [-0.25, -0.2) is 0 Å². The number of aromatic nitrogens is 2. The van der Waals surface area contributed by atoms with E-state index in [9.17, 15) is 4.79 Å². The molecule has 0 aliphatic rings. The monoisotopic (exact) mass is 290 g/mol. The van der Waals surface area contributed by atoms with Gasteiger partial charge in [0.05, 0.1) is 16.4 Å². The number of ketones is 1. The quantitative estimate of drug-likeness (QED) is 0.756. The number of carbonyl (C=O) groups is 1. The molecule has 0 amide bonds. The predicted molar refractivity (Wildman–Crippen MR) is 67.5 cm³/mol. The second-order valence-electron chi connectivity index (χ2n) is 3.12. The van der Waals surface area contributed by atoms with E-state index in [4.69, 9.17) is 0 Å². The minimum Gasteiger partial charge on any atom is -0.291 e. The molecule has 0 aromatic carbocycles. The van der Waals surface area contributed by atoms with Gasteiger partial charge in [0.1, 0.15) is 5.69 Å². The summed E-state index contributed by atoms with van der Waals surface area (Å²) in [6.45, 7) is 4.92. The molecule has 0 atom stereocenters. The summed E-state index contributed by atoms with van der Waals surface area (Å²) in [4.78, 5) is 11.9. The number of Topliss-reactive ketones (excluding diaryl/α,β-unsaturated/α-hetero) is 1. The topological polar surface area (TPSA) is 34.9 Å². The van der Waals surface area contributed by atoms with Crippen molar-refractivity contribution in [3.05, 3.63) is 16.4 Å². The van der Waals surface area contributed by atoms with Crippen LogP contribution < -0.4 is 0 Å². The first kappa shape index (κ1) is 12.8. The lowest BCUT2D eigenvalue weighted by Crippen LogP contribution is -2.13. The van der Waals surface area contributed by atoms with Crippen molar-refractivity contribution in [1.82, 2.24) is 9.78 Å². The van der Waals surface area contributed by atoms with Crippen LogP contribution in [-0.2, 0) is 6.54 Å². The molecular formula is C10H15BrN2OS. The number of hydrogen-bond acceptors (Lipinski definition) is 3. The minimum absolute atomic E-state index is 0.152. The molecule has 3 nitrogen and oxygen atoms in total. The molecule has 0 saturated heterocycles. The maximum Gasteiger partial charge on any atom is 0.191 e. The van der Waals surface area contributed by atoms with Crippen molar-refractivity contribution in [2.45, 2.75) is 26.8 Å². The smallest absolute Gasteiger partial charge is 0.191 e. The molecule has 5 heteroatoms. The SMILES string of the molecule is CCCn1ncc(Br)c1C(=O)CSCC. The Labute approximate surface area is 103 Å². The fraction of sp³-hybridized carbons (Fsp3) is 0.600. The average molecular weight is 291 g/mol. The third-order valence-electron chi connectivity index (χ3n) is 1.93. The molecule has 0 fully saturated rings. The zero-order chi connectivity index (χ0) is 11.3. The Bertz CT molecular complexity index is 338. The number of rotatable bonds is 6. The normalized spacial score (nSPS) is 10.6. The molecule has 0 unspecified atom stereocenters. The summed E-state index contributed by atoms with van der Waals surface area (Å²) in [6, 6.07) is 0. The Kier molecular flexibility index (Phi) is 5.39. The molecule has 0 aliphatic carbocycles. The number of thioether (sulfide) groups is 1. The Morgan fingerprint density at radius 2 is 2.33 bits per heavy atom. The maximum absolute atomic E-state index is 11.9. The lowest BCUT2D eigenvalue weighted by Gasteiger charge is -2.05. The molecule has 0 bridgehead atoms. The largest absolute Gasteiger partial charge is 0.291 e. The van der Waals surface area contributed by atoms with Crippen LogP contribution in [0, 0.1) is 0 Å². The van der Waals surface area contributed by atoms with Crippen molar-refractivity contribution >= 4 is 33.5 Å². The van der Waals surface area contributed by atoms with E-state index >= 15 is 0 Å². The molecule has 0 spiro atoms. The van der Waals surface area contributed by atoms with Crippen molar-refractivity contribution in [3.8, 4) is 0 Å². The molecule has 84 valence electrons. The standard InChI is InChI=1S/C10H15BrN2OS/c1-3-5-13-10(8(11)6-12-13)9(14)7-15-4-2/h6H,3-5,7H2,1-2H3. The van der Waals surface area contributed by atoms with E-state index in [0.717, 1.165) is 23.2 Å². The first-order chi connectivity index (χ1) is 7.20. The van der Waals surface area contributed by atoms with Gasteiger partial charge in [-0.05, 0) is 28.1 Å². The first-order valence-corrected chi connectivity index (χ1v) is 6.97. The van der Waals surface area contributed by atoms with Crippen LogP contribution in [-0.4, -0.2) is 27.1 Å². The van der Waals surface area contributed by atoms with Gasteiger partial charge in [0.15, 0.2) is 5.78 Å². The zero-order valence-electron chi connectivity index (χ0n) is 8.99. The van der Waals surface area contributed by atoms with Gasteiger partial charge >= 0.3 is 0 Å². The molecule has 15 heavy (non-hydrogen) atoms. The molecule has 1 aromatic rings. The highest BCUT2D eigenvalue weighted by Gasteiger charge is 2.16. The van der Waals surface area contributed by atoms with Crippen molar-refractivity contribution in [3.63, 3.8) is 0 Å². The second-order valence-corrected chi connectivity index (χ2v) is 5.25. The fourth-order valence-corrected chi connectivity index (χ4v) is 2.33. The summed E-state index contributed by atoms with van der Waals surface area (Å²) in [7, 11) is 0. The highest BCUT2D eigenvalue weighted by Crippen LogP contribution is 2.18. The van der Waals surface area contributed by atoms with E-state index in [0.29, 0.717) is 11.4 Å². The number of carbonyl (C=O) groups excluding carboxylic acids is 1. The molecule has 1 rings (SSSR count). The second kappa shape index (κ2) is 6.33. The molecule has 0 saturated carbocycles. The van der Waals surface area contributed by atoms with E-state index in [-0.39, 0.29) is 5.78 Å². The number of halogens is 1. The number of aryl methyl sites for hydroxylation is 1. The van der Waals surface area contributed by atoms with Crippen LogP contribution >= 0.6 is 27.7 Å². The van der Waals surface area contributed by atoms with Gasteiger partial charge < -0.3 is 0 Å². The number of nitrogens with zero attached hydrogens (tertiary/aromatic N) is 2. The van der Waals surface area contributed by atoms with Gasteiger partial charge in [0, 0.05) is 6.54 Å². The van der Waals surface area contributed by atoms with E-state index in [1.807, 2.05) is 0 Å². The zero-order valence-corrected chi connectivity index (χ0v) is 11.4. The van der Waals surface area contributed by atoms with E-state index < -0.39 is 0 Å². The Balaban J connectivity index is 2.80. The highest BCUT2D eigenvalue weighted by molar-refractivity contribution is 9.10. The summed E-state index contributed by atoms with van der Waals surface area (Å²) in [5.41, 5.74) is 0.706. The molecular weight excluding hydrogens is 276 g/mol. The third-order valence-corrected chi connectivity index (χ3v) is 3.39. The lowest BCUT2D eigenvalue weighted by molar-refractivity contribution is 0.101. The number of hydrogen-bond donors (Lipinski definition) is 0. The fourth-order valence-electron chi connectivity index (χ4n) is 1.28. The van der Waals surface area contributed by atoms with Crippen molar-refractivity contribution in [1.29, 1.82) is 0 Å². The van der Waals surface area contributed by atoms with Crippen molar-refractivity contribution in [2.75, 3.05) is 11.5 Å². The van der Waals surface area contributed by atoms with Crippen molar-refractivity contribution in [2.24, 2.45) is 0 Å². The van der Waals surface area contributed by atoms with Crippen LogP contribution in [0.3, 0.4) is 0 Å². The van der Waals surface area contributed by atoms with Crippen LogP contribution in [0.2, 0.25) is 0 Å². The van der Waals surface area contributed by atoms with Crippen LogP contribution in [0.5, 0.6) is 0 Å². The first-order valence-electron chi connectivity index (χ1n) is 5.02. The molecule has 0 N–H and O–H groups in total.